The zero-order valence-electron chi connectivity index (χ0n) is 13.8. The van der Waals surface area contributed by atoms with Gasteiger partial charge in [-0.25, -0.2) is 9.18 Å². The summed E-state index contributed by atoms with van der Waals surface area (Å²) in [6.07, 6.45) is 1.14. The van der Waals surface area contributed by atoms with Gasteiger partial charge >= 0.3 is 0 Å². The van der Waals surface area contributed by atoms with Crippen molar-refractivity contribution in [3.8, 4) is 11.3 Å². The molecule has 1 fully saturated rings. The Morgan fingerprint density at radius 2 is 2.27 bits per heavy atom. The lowest BCUT2D eigenvalue weighted by atomic mass is 10.1. The van der Waals surface area contributed by atoms with Crippen molar-refractivity contribution < 1.29 is 13.6 Å². The highest BCUT2D eigenvalue weighted by atomic mass is 35.5. The second kappa shape index (κ2) is 6.44. The first-order valence-corrected chi connectivity index (χ1v) is 8.42. The first-order valence-electron chi connectivity index (χ1n) is 8.04. The quantitative estimate of drug-likeness (QED) is 0.696. The number of pyridine rings is 1. The minimum Gasteiger partial charge on any atom is -0.423 e. The van der Waals surface area contributed by atoms with E-state index >= 15 is 0 Å². The lowest BCUT2D eigenvalue weighted by molar-refractivity contribution is 0.496. The van der Waals surface area contributed by atoms with Crippen LogP contribution in [0.25, 0.3) is 22.4 Å². The van der Waals surface area contributed by atoms with Crippen molar-refractivity contribution in [2.75, 3.05) is 18.0 Å². The molecule has 26 heavy (non-hydrogen) atoms. The van der Waals surface area contributed by atoms with E-state index in [-0.39, 0.29) is 6.04 Å². The molecule has 0 spiro atoms. The molecule has 1 aliphatic rings. The second-order valence-electron chi connectivity index (χ2n) is 5.97. The highest BCUT2D eigenvalue weighted by molar-refractivity contribution is 6.31. The monoisotopic (exact) mass is 372 g/mol. The van der Waals surface area contributed by atoms with Crippen LogP contribution in [0.1, 0.15) is 6.92 Å². The molecule has 0 radical (unpaired) electrons. The number of benzene rings is 1. The Kier molecular flexibility index (Phi) is 4.11. The van der Waals surface area contributed by atoms with Gasteiger partial charge in [0.2, 0.25) is 0 Å². The van der Waals surface area contributed by atoms with Crippen LogP contribution in [-0.4, -0.2) is 35.0 Å². The van der Waals surface area contributed by atoms with Crippen molar-refractivity contribution >= 4 is 34.7 Å². The number of aromatic nitrogens is 2. The highest BCUT2D eigenvalue weighted by Crippen LogP contribution is 2.34. The Bertz CT molecular complexity index is 1030. The van der Waals surface area contributed by atoms with Crippen LogP contribution in [0, 0.1) is 5.82 Å². The lowest BCUT2D eigenvalue weighted by Gasteiger charge is -2.33. The molecule has 3 heterocycles. The van der Waals surface area contributed by atoms with Gasteiger partial charge in [-0.1, -0.05) is 11.6 Å². The van der Waals surface area contributed by atoms with Gasteiger partial charge < -0.3 is 14.6 Å². The van der Waals surface area contributed by atoms with E-state index in [1.807, 2.05) is 17.8 Å². The standard InChI is InChI=1S/C18H14ClFN4O2/c1-10-16(9-25)21-4-5-24(10)18-23-15-7-11(19)6-13(17(15)26-18)14-3-2-12(20)8-22-14/h2-3,6-8,10,21H,4-5H2,1H3. The van der Waals surface area contributed by atoms with Gasteiger partial charge in [-0.3, -0.25) is 4.98 Å². The first kappa shape index (κ1) is 16.6. The minimum atomic E-state index is -0.423. The molecule has 0 amide bonds. The van der Waals surface area contributed by atoms with E-state index in [9.17, 15) is 9.18 Å². The summed E-state index contributed by atoms with van der Waals surface area (Å²) in [5.74, 6) is 1.49. The average Bonchev–Trinajstić information content (AvgIpc) is 3.05. The minimum absolute atomic E-state index is 0.239. The van der Waals surface area contributed by atoms with Gasteiger partial charge in [0, 0.05) is 23.7 Å². The van der Waals surface area contributed by atoms with E-state index in [0.717, 1.165) is 6.20 Å². The molecule has 0 aliphatic carbocycles. The molecule has 8 heteroatoms. The Balaban J connectivity index is 1.83. The normalized spacial score (nSPS) is 17.3. The summed E-state index contributed by atoms with van der Waals surface area (Å²) in [5, 5.41) is 3.49. The van der Waals surface area contributed by atoms with Crippen LogP contribution >= 0.6 is 11.6 Å². The molecule has 132 valence electrons. The summed E-state index contributed by atoms with van der Waals surface area (Å²) < 4.78 is 19.2. The number of oxazole rings is 1. The molecule has 1 aromatic carbocycles. The number of fused-ring (bicyclic) bond motifs is 1. The molecule has 1 aliphatic heterocycles. The number of nitrogens with one attached hydrogen (secondary N) is 1. The summed E-state index contributed by atoms with van der Waals surface area (Å²) in [4.78, 5) is 21.6. The Morgan fingerprint density at radius 3 is 3.00 bits per heavy atom. The average molecular weight is 373 g/mol. The van der Waals surface area contributed by atoms with Gasteiger partial charge in [-0.15, -0.1) is 0 Å². The number of halogens is 2. The zero-order valence-corrected chi connectivity index (χ0v) is 14.5. The highest BCUT2D eigenvalue weighted by Gasteiger charge is 2.28. The summed E-state index contributed by atoms with van der Waals surface area (Å²) in [6, 6.07) is 6.43. The van der Waals surface area contributed by atoms with Crippen molar-refractivity contribution in [2.24, 2.45) is 0 Å². The molecule has 0 saturated carbocycles. The van der Waals surface area contributed by atoms with E-state index in [0.29, 0.717) is 52.2 Å². The molecule has 4 rings (SSSR count). The van der Waals surface area contributed by atoms with Gasteiger partial charge in [0.25, 0.3) is 6.01 Å². The summed E-state index contributed by atoms with van der Waals surface area (Å²) in [6.45, 7) is 3.08. The third kappa shape index (κ3) is 2.81. The maximum Gasteiger partial charge on any atom is 0.299 e. The number of anilines is 1. The SMILES string of the molecule is CC1C(=C=O)NCCN1c1nc2cc(Cl)cc(-c3ccc(F)cn3)c2o1. The fraction of sp³-hybridized carbons (Fsp3) is 0.222. The maximum absolute atomic E-state index is 13.2. The van der Waals surface area contributed by atoms with E-state index in [1.54, 1.807) is 18.2 Å². The molecule has 1 unspecified atom stereocenters. The van der Waals surface area contributed by atoms with Gasteiger partial charge in [-0.2, -0.15) is 4.98 Å². The zero-order chi connectivity index (χ0) is 18.3. The van der Waals surface area contributed by atoms with Crippen LogP contribution in [0.2, 0.25) is 5.02 Å². The summed E-state index contributed by atoms with van der Waals surface area (Å²) >= 11 is 6.21. The fourth-order valence-electron chi connectivity index (χ4n) is 3.03. The number of piperazine rings is 1. The van der Waals surface area contributed by atoms with Crippen LogP contribution in [0.5, 0.6) is 0 Å². The second-order valence-corrected chi connectivity index (χ2v) is 6.41. The van der Waals surface area contributed by atoms with Crippen molar-refractivity contribution in [2.45, 2.75) is 13.0 Å². The van der Waals surface area contributed by atoms with Crippen molar-refractivity contribution in [3.05, 3.63) is 47.0 Å². The lowest BCUT2D eigenvalue weighted by Crippen LogP contribution is -2.48. The van der Waals surface area contributed by atoms with Gasteiger partial charge in [-0.05, 0) is 31.2 Å². The van der Waals surface area contributed by atoms with Crippen LogP contribution in [-0.2, 0) is 4.79 Å². The van der Waals surface area contributed by atoms with Gasteiger partial charge in [0.1, 0.15) is 23.0 Å². The third-order valence-corrected chi connectivity index (χ3v) is 4.57. The van der Waals surface area contributed by atoms with E-state index < -0.39 is 5.82 Å². The molecule has 2 aromatic heterocycles. The molecular weight excluding hydrogens is 359 g/mol. The van der Waals surface area contributed by atoms with Crippen LogP contribution in [0.4, 0.5) is 10.4 Å². The van der Waals surface area contributed by atoms with Crippen LogP contribution < -0.4 is 10.2 Å². The topological polar surface area (TPSA) is 71.3 Å². The molecule has 1 saturated heterocycles. The van der Waals surface area contributed by atoms with Gasteiger partial charge in [0.05, 0.1) is 17.9 Å². The van der Waals surface area contributed by atoms with Crippen LogP contribution in [0.3, 0.4) is 0 Å². The van der Waals surface area contributed by atoms with Crippen molar-refractivity contribution in [1.29, 1.82) is 0 Å². The Labute approximate surface area is 153 Å². The van der Waals surface area contributed by atoms with Crippen molar-refractivity contribution in [3.63, 3.8) is 0 Å². The molecule has 3 aromatic rings. The summed E-state index contributed by atoms with van der Waals surface area (Å²) in [5.41, 5.74) is 2.68. The Morgan fingerprint density at radius 1 is 1.42 bits per heavy atom. The maximum atomic E-state index is 13.2. The summed E-state index contributed by atoms with van der Waals surface area (Å²) in [7, 11) is 0. The number of carbonyl (C=O) groups excluding carboxylic acids is 1. The molecular formula is C18H14ClFN4O2. The third-order valence-electron chi connectivity index (χ3n) is 4.36. The fourth-order valence-corrected chi connectivity index (χ4v) is 3.24. The molecule has 1 atom stereocenters. The predicted octanol–water partition coefficient (Wildman–Crippen LogP) is 3.20. The molecule has 1 N–H and O–H groups in total. The number of nitrogens with zero attached hydrogens (tertiary/aromatic N) is 3. The number of hydrogen-bond donors (Lipinski definition) is 1. The van der Waals surface area contributed by atoms with Crippen molar-refractivity contribution in [1.82, 2.24) is 15.3 Å². The number of rotatable bonds is 2. The smallest absolute Gasteiger partial charge is 0.299 e. The molecule has 6 nitrogen and oxygen atoms in total. The van der Waals surface area contributed by atoms with E-state index in [4.69, 9.17) is 16.0 Å². The predicted molar refractivity (Wildman–Crippen MR) is 96.2 cm³/mol. The van der Waals surface area contributed by atoms with Crippen LogP contribution in [0.15, 0.2) is 40.6 Å². The first-order chi connectivity index (χ1) is 12.6. The number of hydrogen-bond acceptors (Lipinski definition) is 6. The Hall–Kier alpha value is -2.89. The molecule has 0 bridgehead atoms. The van der Waals surface area contributed by atoms with E-state index in [2.05, 4.69) is 15.3 Å². The van der Waals surface area contributed by atoms with E-state index in [1.165, 1.54) is 6.07 Å². The van der Waals surface area contributed by atoms with Gasteiger partial charge in [0.15, 0.2) is 5.58 Å². The largest absolute Gasteiger partial charge is 0.423 e.